The Kier molecular flexibility index (Phi) is 4.13. The molecule has 1 aliphatic rings. The third-order valence-corrected chi connectivity index (χ3v) is 5.63. The Balaban J connectivity index is 2.34. The van der Waals surface area contributed by atoms with E-state index < -0.39 is 10.0 Å². The van der Waals surface area contributed by atoms with Gasteiger partial charge >= 0.3 is 0 Å². The molecule has 0 spiro atoms. The Morgan fingerprint density at radius 1 is 1.42 bits per heavy atom. The lowest BCUT2D eigenvalue weighted by atomic mass is 10.1. The number of ether oxygens (including phenoxy) is 1. The zero-order valence-electron chi connectivity index (χ0n) is 11.3. The van der Waals surface area contributed by atoms with E-state index in [1.807, 2.05) is 0 Å². The van der Waals surface area contributed by atoms with E-state index >= 15 is 0 Å². The molecule has 6 heteroatoms. The molecule has 0 bridgehead atoms. The van der Waals surface area contributed by atoms with Crippen LogP contribution in [0.15, 0.2) is 23.1 Å². The maximum Gasteiger partial charge on any atom is 0.243 e. The van der Waals surface area contributed by atoms with Crippen LogP contribution in [-0.4, -0.2) is 39.0 Å². The van der Waals surface area contributed by atoms with Crippen LogP contribution < -0.4 is 5.73 Å². The molecule has 0 aromatic heterocycles. The van der Waals surface area contributed by atoms with Gasteiger partial charge in [-0.1, -0.05) is 6.07 Å². The molecular formula is C13H20N2O3S. The zero-order valence-corrected chi connectivity index (χ0v) is 12.1. The number of nitrogen functional groups attached to an aromatic ring is 1. The summed E-state index contributed by atoms with van der Waals surface area (Å²) in [4.78, 5) is 0.296. The third-order valence-electron chi connectivity index (χ3n) is 3.62. The van der Waals surface area contributed by atoms with Gasteiger partial charge in [-0.25, -0.2) is 8.42 Å². The number of nitrogens with zero attached hydrogens (tertiary/aromatic N) is 1. The van der Waals surface area contributed by atoms with Crippen molar-refractivity contribution in [2.45, 2.75) is 30.8 Å². The minimum Gasteiger partial charge on any atom is -0.398 e. The van der Waals surface area contributed by atoms with Crippen molar-refractivity contribution in [2.24, 2.45) is 0 Å². The Labute approximate surface area is 114 Å². The molecule has 0 radical (unpaired) electrons. The van der Waals surface area contributed by atoms with Crippen LogP contribution in [0.3, 0.4) is 0 Å². The molecule has 0 aliphatic carbocycles. The summed E-state index contributed by atoms with van der Waals surface area (Å²) in [5, 5.41) is 0. The van der Waals surface area contributed by atoms with E-state index in [0.29, 0.717) is 29.2 Å². The largest absolute Gasteiger partial charge is 0.398 e. The van der Waals surface area contributed by atoms with Crippen LogP contribution in [0.25, 0.3) is 0 Å². The van der Waals surface area contributed by atoms with Crippen LogP contribution in [0, 0.1) is 6.92 Å². The molecule has 1 aromatic rings. The lowest BCUT2D eigenvalue weighted by Gasteiger charge is -2.31. The van der Waals surface area contributed by atoms with Gasteiger partial charge in [-0.15, -0.1) is 0 Å². The molecule has 0 saturated carbocycles. The van der Waals surface area contributed by atoms with Crippen molar-refractivity contribution in [2.75, 3.05) is 25.9 Å². The van der Waals surface area contributed by atoms with Gasteiger partial charge in [-0.05, 0) is 37.5 Å². The summed E-state index contributed by atoms with van der Waals surface area (Å²) in [6, 6.07) is 4.99. The molecule has 106 valence electrons. The SMILES string of the molecule is COC1CCCN(S(=O)(=O)c2cccc(N)c2C)C1. The first kappa shape index (κ1) is 14.3. The van der Waals surface area contributed by atoms with E-state index in [2.05, 4.69) is 0 Å². The molecular weight excluding hydrogens is 264 g/mol. The summed E-state index contributed by atoms with van der Waals surface area (Å²) in [7, 11) is -1.87. The maximum atomic E-state index is 12.6. The predicted molar refractivity (Wildman–Crippen MR) is 74.4 cm³/mol. The normalized spacial score (nSPS) is 21.5. The lowest BCUT2D eigenvalue weighted by Crippen LogP contribution is -2.43. The standard InChI is InChI=1S/C13H20N2O3S/c1-10-12(14)6-3-7-13(10)19(16,17)15-8-4-5-11(9-15)18-2/h3,6-7,11H,4-5,8-9,14H2,1-2H3. The monoisotopic (exact) mass is 284 g/mol. The highest BCUT2D eigenvalue weighted by molar-refractivity contribution is 7.89. The summed E-state index contributed by atoms with van der Waals surface area (Å²) in [6.07, 6.45) is 1.70. The number of hydrogen-bond donors (Lipinski definition) is 1. The fourth-order valence-corrected chi connectivity index (χ4v) is 4.13. The molecule has 5 nitrogen and oxygen atoms in total. The van der Waals surface area contributed by atoms with Crippen molar-refractivity contribution in [1.29, 1.82) is 0 Å². The first-order valence-electron chi connectivity index (χ1n) is 6.35. The van der Waals surface area contributed by atoms with Crippen molar-refractivity contribution in [3.05, 3.63) is 23.8 Å². The second-order valence-corrected chi connectivity index (χ2v) is 6.74. The molecule has 1 fully saturated rings. The maximum absolute atomic E-state index is 12.6. The van der Waals surface area contributed by atoms with Crippen molar-refractivity contribution < 1.29 is 13.2 Å². The van der Waals surface area contributed by atoms with E-state index in [9.17, 15) is 8.42 Å². The van der Waals surface area contributed by atoms with Crippen LogP contribution in [0.5, 0.6) is 0 Å². The first-order valence-corrected chi connectivity index (χ1v) is 7.79. The van der Waals surface area contributed by atoms with E-state index in [0.717, 1.165) is 12.8 Å². The van der Waals surface area contributed by atoms with Gasteiger partial charge in [-0.3, -0.25) is 0 Å². The second kappa shape index (κ2) is 5.48. The van der Waals surface area contributed by atoms with Crippen LogP contribution in [0.4, 0.5) is 5.69 Å². The molecule has 1 heterocycles. The van der Waals surface area contributed by atoms with Gasteiger partial charge in [0.25, 0.3) is 0 Å². The van der Waals surface area contributed by atoms with Crippen molar-refractivity contribution in [3.8, 4) is 0 Å². The average molecular weight is 284 g/mol. The van der Waals surface area contributed by atoms with Gasteiger partial charge in [0, 0.05) is 25.9 Å². The fourth-order valence-electron chi connectivity index (χ4n) is 2.37. The molecule has 1 aliphatic heterocycles. The Bertz CT molecular complexity index is 557. The Morgan fingerprint density at radius 2 is 2.16 bits per heavy atom. The number of rotatable bonds is 3. The molecule has 2 rings (SSSR count). The number of piperidine rings is 1. The van der Waals surface area contributed by atoms with Crippen LogP contribution in [0.1, 0.15) is 18.4 Å². The molecule has 0 amide bonds. The molecule has 2 N–H and O–H groups in total. The lowest BCUT2D eigenvalue weighted by molar-refractivity contribution is 0.0572. The van der Waals surface area contributed by atoms with E-state index in [4.69, 9.17) is 10.5 Å². The summed E-state index contributed by atoms with van der Waals surface area (Å²) in [5.41, 5.74) is 6.91. The molecule has 1 saturated heterocycles. The number of methoxy groups -OCH3 is 1. The van der Waals surface area contributed by atoms with Crippen LogP contribution >= 0.6 is 0 Å². The summed E-state index contributed by atoms with van der Waals surface area (Å²) < 4.78 is 32.0. The van der Waals surface area contributed by atoms with Crippen LogP contribution in [-0.2, 0) is 14.8 Å². The number of anilines is 1. The minimum atomic E-state index is -3.48. The van der Waals surface area contributed by atoms with Gasteiger partial charge in [0.1, 0.15) is 0 Å². The summed E-state index contributed by atoms with van der Waals surface area (Å²) >= 11 is 0. The highest BCUT2D eigenvalue weighted by Crippen LogP contribution is 2.26. The molecule has 1 atom stereocenters. The first-order chi connectivity index (χ1) is 8.96. The highest BCUT2D eigenvalue weighted by atomic mass is 32.2. The van der Waals surface area contributed by atoms with Crippen molar-refractivity contribution >= 4 is 15.7 Å². The Morgan fingerprint density at radius 3 is 2.84 bits per heavy atom. The smallest absolute Gasteiger partial charge is 0.243 e. The second-order valence-electron chi connectivity index (χ2n) is 4.83. The number of benzene rings is 1. The summed E-state index contributed by atoms with van der Waals surface area (Å²) in [6.45, 7) is 2.68. The molecule has 1 unspecified atom stereocenters. The van der Waals surface area contributed by atoms with Gasteiger partial charge in [0.15, 0.2) is 0 Å². The summed E-state index contributed by atoms with van der Waals surface area (Å²) in [5.74, 6) is 0. The average Bonchev–Trinajstić information content (AvgIpc) is 2.41. The van der Waals surface area contributed by atoms with Gasteiger partial charge < -0.3 is 10.5 Å². The fraction of sp³-hybridized carbons (Fsp3) is 0.538. The van der Waals surface area contributed by atoms with Gasteiger partial charge in [-0.2, -0.15) is 4.31 Å². The van der Waals surface area contributed by atoms with Gasteiger partial charge in [0.2, 0.25) is 10.0 Å². The third kappa shape index (κ3) is 2.75. The zero-order chi connectivity index (χ0) is 14.0. The van der Waals surface area contributed by atoms with Crippen LogP contribution in [0.2, 0.25) is 0 Å². The molecule has 1 aromatic carbocycles. The number of hydrogen-bond acceptors (Lipinski definition) is 4. The highest BCUT2D eigenvalue weighted by Gasteiger charge is 2.31. The topological polar surface area (TPSA) is 72.6 Å². The number of sulfonamides is 1. The van der Waals surface area contributed by atoms with E-state index in [-0.39, 0.29) is 6.10 Å². The van der Waals surface area contributed by atoms with E-state index in [1.165, 1.54) is 4.31 Å². The molecule has 19 heavy (non-hydrogen) atoms. The Hall–Kier alpha value is -1.11. The van der Waals surface area contributed by atoms with Crippen molar-refractivity contribution in [1.82, 2.24) is 4.31 Å². The predicted octanol–water partition coefficient (Wildman–Crippen LogP) is 1.38. The van der Waals surface area contributed by atoms with Gasteiger partial charge in [0.05, 0.1) is 11.0 Å². The van der Waals surface area contributed by atoms with E-state index in [1.54, 1.807) is 32.2 Å². The van der Waals surface area contributed by atoms with Crippen molar-refractivity contribution in [3.63, 3.8) is 0 Å². The minimum absolute atomic E-state index is 0.0232. The quantitative estimate of drug-likeness (QED) is 0.851. The number of nitrogens with two attached hydrogens (primary N) is 1.